The Bertz CT molecular complexity index is 729. The first-order chi connectivity index (χ1) is 9.69. The van der Waals surface area contributed by atoms with Crippen LogP contribution < -0.4 is 5.73 Å². The summed E-state index contributed by atoms with van der Waals surface area (Å²) in [5.41, 5.74) is 8.50. The second-order valence-electron chi connectivity index (χ2n) is 4.90. The van der Waals surface area contributed by atoms with Crippen LogP contribution in [0.5, 0.6) is 0 Å². The lowest BCUT2D eigenvalue weighted by molar-refractivity contribution is 0.626. The topological polar surface area (TPSA) is 64.9 Å². The predicted octanol–water partition coefficient (Wildman–Crippen LogP) is 3.73. The largest absolute Gasteiger partial charge is 0.454 e. The van der Waals surface area contributed by atoms with E-state index < -0.39 is 0 Å². The van der Waals surface area contributed by atoms with Gasteiger partial charge in [-0.1, -0.05) is 25.1 Å². The number of nitrogen functional groups attached to an aromatic ring is 1. The number of benzene rings is 1. The molecule has 3 aromatic rings. The Kier molecular flexibility index (Phi) is 3.14. The maximum absolute atomic E-state index is 5.99. The number of aromatic nitrogens is 2. The van der Waals surface area contributed by atoms with Crippen molar-refractivity contribution in [1.29, 1.82) is 0 Å². The standard InChI is InChI=1S/C16H17N3O/c1-3-6-14-18-15(10(2)16(17)19-14)13-9-11-7-4-5-8-12(11)20-13/h4-5,7-9H,3,6H2,1-2H3,(H2,17,18,19). The molecule has 2 N–H and O–H groups in total. The van der Waals surface area contributed by atoms with Crippen molar-refractivity contribution in [1.82, 2.24) is 9.97 Å². The third kappa shape index (κ3) is 2.13. The molecule has 4 nitrogen and oxygen atoms in total. The van der Waals surface area contributed by atoms with Gasteiger partial charge in [-0.15, -0.1) is 0 Å². The summed E-state index contributed by atoms with van der Waals surface area (Å²) in [5, 5.41) is 1.07. The number of anilines is 1. The minimum atomic E-state index is 0.527. The minimum absolute atomic E-state index is 0.527. The molecule has 20 heavy (non-hydrogen) atoms. The van der Waals surface area contributed by atoms with E-state index >= 15 is 0 Å². The number of aryl methyl sites for hydroxylation is 1. The number of fused-ring (bicyclic) bond motifs is 1. The van der Waals surface area contributed by atoms with Crippen molar-refractivity contribution in [3.8, 4) is 11.5 Å². The molecule has 0 aliphatic rings. The van der Waals surface area contributed by atoms with E-state index in [2.05, 4.69) is 16.9 Å². The van der Waals surface area contributed by atoms with Crippen LogP contribution in [0.4, 0.5) is 5.82 Å². The van der Waals surface area contributed by atoms with Crippen molar-refractivity contribution < 1.29 is 4.42 Å². The molecule has 0 unspecified atom stereocenters. The van der Waals surface area contributed by atoms with Gasteiger partial charge in [-0.3, -0.25) is 0 Å². The summed E-state index contributed by atoms with van der Waals surface area (Å²) in [6.07, 6.45) is 1.81. The van der Waals surface area contributed by atoms with Crippen LogP contribution in [0.3, 0.4) is 0 Å². The van der Waals surface area contributed by atoms with E-state index in [-0.39, 0.29) is 0 Å². The highest BCUT2D eigenvalue weighted by molar-refractivity contribution is 5.83. The quantitative estimate of drug-likeness (QED) is 0.785. The average molecular weight is 267 g/mol. The molecule has 0 atom stereocenters. The number of para-hydroxylation sites is 1. The van der Waals surface area contributed by atoms with E-state index in [4.69, 9.17) is 10.2 Å². The Hall–Kier alpha value is -2.36. The van der Waals surface area contributed by atoms with Gasteiger partial charge >= 0.3 is 0 Å². The van der Waals surface area contributed by atoms with Crippen molar-refractivity contribution in [3.05, 3.63) is 41.7 Å². The Morgan fingerprint density at radius 1 is 1.20 bits per heavy atom. The van der Waals surface area contributed by atoms with Crippen LogP contribution in [0.15, 0.2) is 34.7 Å². The average Bonchev–Trinajstić information content (AvgIpc) is 2.86. The van der Waals surface area contributed by atoms with Crippen LogP contribution in [0.2, 0.25) is 0 Å². The third-order valence-electron chi connectivity index (χ3n) is 3.36. The van der Waals surface area contributed by atoms with E-state index in [1.54, 1.807) is 0 Å². The van der Waals surface area contributed by atoms with Gasteiger partial charge in [0.05, 0.1) is 0 Å². The fourth-order valence-corrected chi connectivity index (χ4v) is 2.26. The fourth-order valence-electron chi connectivity index (χ4n) is 2.26. The van der Waals surface area contributed by atoms with Gasteiger partial charge in [-0.25, -0.2) is 9.97 Å². The molecule has 2 aromatic heterocycles. The summed E-state index contributed by atoms with van der Waals surface area (Å²) < 4.78 is 5.88. The van der Waals surface area contributed by atoms with E-state index in [0.29, 0.717) is 5.82 Å². The van der Waals surface area contributed by atoms with E-state index in [9.17, 15) is 0 Å². The molecule has 0 spiro atoms. The monoisotopic (exact) mass is 267 g/mol. The third-order valence-corrected chi connectivity index (χ3v) is 3.36. The molecule has 0 fully saturated rings. The van der Waals surface area contributed by atoms with Gasteiger partial charge in [0.15, 0.2) is 5.76 Å². The Morgan fingerprint density at radius 3 is 2.75 bits per heavy atom. The Labute approximate surface area is 117 Å². The van der Waals surface area contributed by atoms with Crippen LogP contribution in [0.1, 0.15) is 24.7 Å². The van der Waals surface area contributed by atoms with Gasteiger partial charge < -0.3 is 10.2 Å². The lowest BCUT2D eigenvalue weighted by Gasteiger charge is -2.07. The highest BCUT2D eigenvalue weighted by Crippen LogP contribution is 2.30. The molecular formula is C16H17N3O. The minimum Gasteiger partial charge on any atom is -0.454 e. The van der Waals surface area contributed by atoms with Gasteiger partial charge in [0.1, 0.15) is 22.9 Å². The number of nitrogens with two attached hydrogens (primary N) is 1. The van der Waals surface area contributed by atoms with Crippen molar-refractivity contribution in [2.24, 2.45) is 0 Å². The molecule has 0 saturated heterocycles. The predicted molar refractivity (Wildman–Crippen MR) is 80.4 cm³/mol. The lowest BCUT2D eigenvalue weighted by atomic mass is 10.1. The number of nitrogens with zero attached hydrogens (tertiary/aromatic N) is 2. The van der Waals surface area contributed by atoms with E-state index in [1.807, 2.05) is 37.3 Å². The van der Waals surface area contributed by atoms with Crippen molar-refractivity contribution in [2.75, 3.05) is 5.73 Å². The molecule has 102 valence electrons. The van der Waals surface area contributed by atoms with Gasteiger partial charge in [0.2, 0.25) is 0 Å². The SMILES string of the molecule is CCCc1nc(N)c(C)c(-c2cc3ccccc3o2)n1. The summed E-state index contributed by atoms with van der Waals surface area (Å²) in [7, 11) is 0. The number of rotatable bonds is 3. The first kappa shape index (κ1) is 12.7. The Balaban J connectivity index is 2.17. The number of furan rings is 1. The van der Waals surface area contributed by atoms with E-state index in [0.717, 1.165) is 46.7 Å². The smallest absolute Gasteiger partial charge is 0.154 e. The zero-order valence-corrected chi connectivity index (χ0v) is 11.7. The molecule has 2 heterocycles. The van der Waals surface area contributed by atoms with Gasteiger partial charge in [-0.05, 0) is 25.5 Å². The van der Waals surface area contributed by atoms with Crippen molar-refractivity contribution in [2.45, 2.75) is 26.7 Å². The molecule has 4 heteroatoms. The van der Waals surface area contributed by atoms with Gasteiger partial charge in [0.25, 0.3) is 0 Å². The maximum Gasteiger partial charge on any atom is 0.154 e. The molecular weight excluding hydrogens is 250 g/mol. The first-order valence-corrected chi connectivity index (χ1v) is 6.81. The summed E-state index contributed by atoms with van der Waals surface area (Å²) in [4.78, 5) is 8.93. The summed E-state index contributed by atoms with van der Waals surface area (Å²) in [6, 6.07) is 9.92. The molecule has 1 aromatic carbocycles. The zero-order valence-electron chi connectivity index (χ0n) is 11.7. The molecule has 0 bridgehead atoms. The second-order valence-corrected chi connectivity index (χ2v) is 4.90. The highest BCUT2D eigenvalue weighted by atomic mass is 16.3. The van der Waals surface area contributed by atoms with Crippen LogP contribution in [0, 0.1) is 6.92 Å². The van der Waals surface area contributed by atoms with Crippen molar-refractivity contribution >= 4 is 16.8 Å². The number of hydrogen-bond acceptors (Lipinski definition) is 4. The Morgan fingerprint density at radius 2 is 2.00 bits per heavy atom. The summed E-state index contributed by atoms with van der Waals surface area (Å²) in [6.45, 7) is 4.02. The summed E-state index contributed by atoms with van der Waals surface area (Å²) in [5.74, 6) is 2.04. The van der Waals surface area contributed by atoms with Crippen LogP contribution >= 0.6 is 0 Å². The van der Waals surface area contributed by atoms with Gasteiger partial charge in [0, 0.05) is 17.4 Å². The first-order valence-electron chi connectivity index (χ1n) is 6.81. The fraction of sp³-hybridized carbons (Fsp3) is 0.250. The highest BCUT2D eigenvalue weighted by Gasteiger charge is 2.14. The van der Waals surface area contributed by atoms with Crippen LogP contribution in [-0.2, 0) is 6.42 Å². The lowest BCUT2D eigenvalue weighted by Crippen LogP contribution is -2.04. The van der Waals surface area contributed by atoms with Gasteiger partial charge in [-0.2, -0.15) is 0 Å². The van der Waals surface area contributed by atoms with Crippen molar-refractivity contribution in [3.63, 3.8) is 0 Å². The van der Waals surface area contributed by atoms with E-state index in [1.165, 1.54) is 0 Å². The molecule has 0 aliphatic carbocycles. The molecule has 0 aliphatic heterocycles. The number of hydrogen-bond donors (Lipinski definition) is 1. The maximum atomic E-state index is 5.99. The molecule has 0 saturated carbocycles. The van der Waals surface area contributed by atoms with Crippen LogP contribution in [-0.4, -0.2) is 9.97 Å². The summed E-state index contributed by atoms with van der Waals surface area (Å²) >= 11 is 0. The van der Waals surface area contributed by atoms with Crippen LogP contribution in [0.25, 0.3) is 22.4 Å². The molecule has 0 radical (unpaired) electrons. The molecule has 3 rings (SSSR count). The zero-order chi connectivity index (χ0) is 14.1. The normalized spacial score (nSPS) is 11.1. The molecule has 0 amide bonds. The second kappa shape index (κ2) is 4.96.